The monoisotopic (exact) mass is 538 g/mol. The normalized spacial score (nSPS) is 31.3. The number of aromatic amines is 1. The molecule has 4 N–H and O–H groups in total. The molecule has 1 saturated heterocycles. The van der Waals surface area contributed by atoms with Gasteiger partial charge >= 0.3 is 0 Å². The third-order valence-electron chi connectivity index (χ3n) is 8.98. The van der Waals surface area contributed by atoms with E-state index in [9.17, 15) is 19.7 Å². The molecular weight excluding hydrogens is 499 g/mol. The number of nitrogens with zero attached hydrogens (tertiary/aromatic N) is 1. The van der Waals surface area contributed by atoms with E-state index in [0.29, 0.717) is 24.0 Å². The summed E-state index contributed by atoms with van der Waals surface area (Å²) in [5, 5.41) is 36.5. The maximum absolute atomic E-state index is 14.5. The van der Waals surface area contributed by atoms with Gasteiger partial charge < -0.3 is 34.7 Å². The van der Waals surface area contributed by atoms with Gasteiger partial charge in [-0.3, -0.25) is 0 Å². The molecule has 0 amide bonds. The van der Waals surface area contributed by atoms with Gasteiger partial charge in [-0.2, -0.15) is 0 Å². The zero-order chi connectivity index (χ0) is 28.1. The van der Waals surface area contributed by atoms with Gasteiger partial charge in [0.25, 0.3) is 0 Å². The van der Waals surface area contributed by atoms with E-state index < -0.39 is 41.4 Å². The second kappa shape index (κ2) is 10.2. The molecule has 2 fully saturated rings. The number of anilines is 1. The van der Waals surface area contributed by atoms with Gasteiger partial charge in [-0.05, 0) is 82.5 Å². The van der Waals surface area contributed by atoms with E-state index >= 15 is 0 Å². The standard InChI is InChI=1S/C31H39FN2O5/c1-18(2)6-13-26(36)30(3)28-27(39-5)25(35)14-15-31(28,37)29(34(30)20-8-10-21(38-4)11-9-20)23-17-33-24-12-7-19(32)16-22(23)24/h6-12,16-17,25-29,33,35-37H,13-15H2,1-5H3/t25-,26-,27-,28-,29+,30-,31-/m1/s1. The van der Waals surface area contributed by atoms with Gasteiger partial charge in [0.2, 0.25) is 0 Å². The van der Waals surface area contributed by atoms with Crippen LogP contribution in [-0.4, -0.2) is 64.0 Å². The fraction of sp³-hybridized carbons (Fsp3) is 0.484. The Balaban J connectivity index is 1.81. The Bertz CT molecular complexity index is 1350. The van der Waals surface area contributed by atoms with Crippen LogP contribution < -0.4 is 9.64 Å². The third kappa shape index (κ3) is 4.34. The number of methoxy groups -OCH3 is 2. The average molecular weight is 539 g/mol. The summed E-state index contributed by atoms with van der Waals surface area (Å²) >= 11 is 0. The van der Waals surface area contributed by atoms with E-state index in [-0.39, 0.29) is 12.2 Å². The van der Waals surface area contributed by atoms with Crippen LogP contribution >= 0.6 is 0 Å². The number of nitrogens with one attached hydrogen (secondary N) is 1. The highest BCUT2D eigenvalue weighted by Gasteiger charge is 2.71. The van der Waals surface area contributed by atoms with E-state index in [1.165, 1.54) is 19.2 Å². The molecule has 1 aromatic heterocycles. The van der Waals surface area contributed by atoms with Crippen molar-refractivity contribution >= 4 is 16.6 Å². The van der Waals surface area contributed by atoms with Gasteiger partial charge in [0, 0.05) is 41.4 Å². The first kappa shape index (κ1) is 27.6. The molecule has 2 aliphatic rings. The highest BCUT2D eigenvalue weighted by molar-refractivity contribution is 5.85. The lowest BCUT2D eigenvalue weighted by Gasteiger charge is -2.50. The maximum Gasteiger partial charge on any atom is 0.123 e. The molecule has 7 atom stereocenters. The van der Waals surface area contributed by atoms with Crippen molar-refractivity contribution in [3.05, 3.63) is 71.7 Å². The summed E-state index contributed by atoms with van der Waals surface area (Å²) in [6, 6.07) is 11.4. The average Bonchev–Trinajstić information content (AvgIpc) is 3.41. The number of benzene rings is 2. The molecule has 2 heterocycles. The lowest BCUT2D eigenvalue weighted by molar-refractivity contribution is -0.171. The Labute approximate surface area is 228 Å². The number of ether oxygens (including phenoxy) is 2. The predicted molar refractivity (Wildman–Crippen MR) is 149 cm³/mol. The number of aliphatic hydroxyl groups is 3. The van der Waals surface area contributed by atoms with Crippen molar-refractivity contribution < 1.29 is 29.2 Å². The smallest absolute Gasteiger partial charge is 0.123 e. The Morgan fingerprint density at radius 2 is 1.92 bits per heavy atom. The van der Waals surface area contributed by atoms with Crippen molar-refractivity contribution in [3.63, 3.8) is 0 Å². The number of allylic oxidation sites excluding steroid dienone is 1. The summed E-state index contributed by atoms with van der Waals surface area (Å²) in [5.41, 5.74) is 0.798. The van der Waals surface area contributed by atoms with Crippen molar-refractivity contribution in [1.82, 2.24) is 4.98 Å². The first-order valence-corrected chi connectivity index (χ1v) is 13.5. The second-order valence-electron chi connectivity index (χ2n) is 11.4. The van der Waals surface area contributed by atoms with Crippen molar-refractivity contribution in [1.29, 1.82) is 0 Å². The van der Waals surface area contributed by atoms with Crippen molar-refractivity contribution in [2.45, 2.75) is 75.5 Å². The molecule has 5 rings (SSSR count). The highest BCUT2D eigenvalue weighted by Crippen LogP contribution is 2.62. The van der Waals surface area contributed by atoms with Gasteiger partial charge in [0.05, 0.1) is 42.6 Å². The molecule has 8 heteroatoms. The molecule has 1 saturated carbocycles. The van der Waals surface area contributed by atoms with Gasteiger partial charge in [0.15, 0.2) is 0 Å². The molecule has 0 spiro atoms. The van der Waals surface area contributed by atoms with Crippen molar-refractivity contribution in [2.24, 2.45) is 5.92 Å². The van der Waals surface area contributed by atoms with Crippen LogP contribution in [0.3, 0.4) is 0 Å². The minimum absolute atomic E-state index is 0.281. The molecular formula is C31H39FN2O5. The van der Waals surface area contributed by atoms with Crippen LogP contribution in [0.15, 0.2) is 60.3 Å². The van der Waals surface area contributed by atoms with Gasteiger partial charge in [-0.1, -0.05) is 11.6 Å². The number of rotatable bonds is 7. The van der Waals surface area contributed by atoms with Crippen LogP contribution in [0, 0.1) is 11.7 Å². The van der Waals surface area contributed by atoms with Crippen LogP contribution in [0.2, 0.25) is 0 Å². The summed E-state index contributed by atoms with van der Waals surface area (Å²) in [5.74, 6) is -0.372. The Morgan fingerprint density at radius 3 is 2.56 bits per heavy atom. The molecule has 210 valence electrons. The second-order valence-corrected chi connectivity index (χ2v) is 11.4. The first-order valence-electron chi connectivity index (χ1n) is 13.5. The molecule has 1 aliphatic heterocycles. The van der Waals surface area contributed by atoms with Crippen LogP contribution in [0.4, 0.5) is 10.1 Å². The number of hydrogen-bond donors (Lipinski definition) is 4. The van der Waals surface area contributed by atoms with Crippen LogP contribution in [0.1, 0.15) is 51.6 Å². The van der Waals surface area contributed by atoms with Gasteiger partial charge in [-0.25, -0.2) is 4.39 Å². The number of aliphatic hydroxyl groups excluding tert-OH is 2. The van der Waals surface area contributed by atoms with Crippen molar-refractivity contribution in [3.8, 4) is 5.75 Å². The molecule has 0 bridgehead atoms. The molecule has 0 unspecified atom stereocenters. The van der Waals surface area contributed by atoms with Crippen molar-refractivity contribution in [2.75, 3.05) is 19.1 Å². The number of H-pyrrole nitrogens is 1. The van der Waals surface area contributed by atoms with E-state index in [1.54, 1.807) is 13.2 Å². The van der Waals surface area contributed by atoms with Crippen LogP contribution in [0.25, 0.3) is 10.9 Å². The number of hydrogen-bond acceptors (Lipinski definition) is 6. The summed E-state index contributed by atoms with van der Waals surface area (Å²) in [4.78, 5) is 5.32. The zero-order valence-corrected chi connectivity index (χ0v) is 23.2. The van der Waals surface area contributed by atoms with E-state index in [2.05, 4.69) is 9.88 Å². The first-order chi connectivity index (χ1) is 18.6. The number of fused-ring (bicyclic) bond motifs is 2. The van der Waals surface area contributed by atoms with Gasteiger partial charge in [0.1, 0.15) is 11.6 Å². The Kier molecular flexibility index (Phi) is 7.26. The highest BCUT2D eigenvalue weighted by atomic mass is 19.1. The van der Waals surface area contributed by atoms with Crippen LogP contribution in [0.5, 0.6) is 5.75 Å². The molecule has 7 nitrogen and oxygen atoms in total. The minimum atomic E-state index is -1.41. The fourth-order valence-corrected chi connectivity index (χ4v) is 7.17. The van der Waals surface area contributed by atoms with E-state index in [4.69, 9.17) is 9.47 Å². The largest absolute Gasteiger partial charge is 0.497 e. The zero-order valence-electron chi connectivity index (χ0n) is 23.2. The molecule has 0 radical (unpaired) electrons. The van der Waals surface area contributed by atoms with Crippen LogP contribution in [-0.2, 0) is 4.74 Å². The molecule has 1 aliphatic carbocycles. The molecule has 39 heavy (non-hydrogen) atoms. The Hall–Kier alpha value is -2.91. The maximum atomic E-state index is 14.5. The summed E-state index contributed by atoms with van der Waals surface area (Å²) < 4.78 is 25.8. The summed E-state index contributed by atoms with van der Waals surface area (Å²) in [7, 11) is 3.14. The topological polar surface area (TPSA) is 98.2 Å². The van der Waals surface area contributed by atoms with E-state index in [0.717, 1.165) is 22.3 Å². The number of halogens is 1. The van der Waals surface area contributed by atoms with Gasteiger partial charge in [-0.15, -0.1) is 0 Å². The molecule has 3 aromatic rings. The minimum Gasteiger partial charge on any atom is -0.497 e. The lowest BCUT2D eigenvalue weighted by atomic mass is 9.63. The summed E-state index contributed by atoms with van der Waals surface area (Å²) in [6.07, 6.45) is 2.28. The quantitative estimate of drug-likeness (QED) is 0.321. The SMILES string of the molecule is COc1ccc(N2[C@@H](c3c[nH]c4ccc(F)cc34)[C@@]3(O)CC[C@@H](O)[C@@H](OC)[C@@H]3[C@@]2(C)[C@H](O)CC=C(C)C)cc1. The van der Waals surface area contributed by atoms with E-state index in [1.807, 2.05) is 57.3 Å². The lowest BCUT2D eigenvalue weighted by Crippen LogP contribution is -2.63. The molecule has 2 aromatic carbocycles. The number of aromatic nitrogens is 1. The third-order valence-corrected chi connectivity index (χ3v) is 8.98. The predicted octanol–water partition coefficient (Wildman–Crippen LogP) is 4.87. The Morgan fingerprint density at radius 1 is 1.21 bits per heavy atom. The fourth-order valence-electron chi connectivity index (χ4n) is 7.17. The summed E-state index contributed by atoms with van der Waals surface area (Å²) in [6.45, 7) is 5.90.